The zero-order valence-corrected chi connectivity index (χ0v) is 6.24. The van der Waals surface area contributed by atoms with Crippen molar-refractivity contribution in [1.29, 1.82) is 0 Å². The quantitative estimate of drug-likeness (QED) is 0.287. The molecule has 0 unspecified atom stereocenters. The minimum absolute atomic E-state index is 0. The van der Waals surface area contributed by atoms with Crippen molar-refractivity contribution in [2.75, 3.05) is 0 Å². The van der Waals surface area contributed by atoms with E-state index in [0.717, 1.165) is 0 Å². The van der Waals surface area contributed by atoms with Crippen LogP contribution in [0.1, 0.15) is 0 Å². The van der Waals surface area contributed by atoms with Crippen LogP contribution in [0.3, 0.4) is 0 Å². The molecule has 0 aliphatic carbocycles. The maximum Gasteiger partial charge on any atom is 0.394 e. The van der Waals surface area contributed by atoms with Gasteiger partial charge >= 0.3 is 16.4 Å². The molecule has 67 valence electrons. The summed E-state index contributed by atoms with van der Waals surface area (Å²) < 4.78 is 31.6. The van der Waals surface area contributed by atoms with Gasteiger partial charge in [0.15, 0.2) is 0 Å². The van der Waals surface area contributed by atoms with Crippen LogP contribution in [0.15, 0.2) is 0 Å². The van der Waals surface area contributed by atoms with Crippen LogP contribution >= 0.6 is 0 Å². The van der Waals surface area contributed by atoms with Crippen molar-refractivity contribution in [1.82, 2.24) is 0 Å². The molecule has 0 aliphatic heterocycles. The Hall–Kier alpha value is -0.341. The Bertz CT molecular complexity index is 162. The number of carbonyl (C=O) groups is 1. The second-order valence-electron chi connectivity index (χ2n) is 0.850. The van der Waals surface area contributed by atoms with Gasteiger partial charge in [-0.05, 0) is 0 Å². The Morgan fingerprint density at radius 3 is 1.20 bits per heavy atom. The zero-order chi connectivity index (χ0) is 8.08. The molecule has 0 aromatic carbocycles. The van der Waals surface area contributed by atoms with E-state index in [-0.39, 0.29) is 17.1 Å². The van der Waals surface area contributed by atoms with Crippen LogP contribution in [0, 0.1) is 0 Å². The second kappa shape index (κ2) is 6.77. The van der Waals surface area contributed by atoms with Crippen molar-refractivity contribution in [3.05, 3.63) is 0 Å². The average molecular weight is 222 g/mol. The van der Waals surface area contributed by atoms with E-state index in [9.17, 15) is 0 Å². The second-order valence-corrected chi connectivity index (χ2v) is 1.75. The van der Waals surface area contributed by atoms with E-state index < -0.39 is 16.4 Å². The first-order chi connectivity index (χ1) is 3.73. The normalized spacial score (nSPS) is 8.20. The Balaban J connectivity index is -0.0000000910. The molecule has 0 aromatic heterocycles. The van der Waals surface area contributed by atoms with E-state index in [1.54, 1.807) is 0 Å². The Kier molecular flexibility index (Phi) is 11.1. The van der Waals surface area contributed by atoms with Crippen LogP contribution in [0.5, 0.6) is 0 Å². The van der Waals surface area contributed by atoms with E-state index in [2.05, 4.69) is 11.5 Å². The van der Waals surface area contributed by atoms with E-state index in [1.165, 1.54) is 0 Å². The number of rotatable bonds is 0. The summed E-state index contributed by atoms with van der Waals surface area (Å²) in [6.45, 7) is 0. The van der Waals surface area contributed by atoms with Gasteiger partial charge in [0.1, 0.15) is 0 Å². The van der Waals surface area contributed by atoms with Gasteiger partial charge in [0.25, 0.3) is 0 Å². The molecule has 0 spiro atoms. The fourth-order valence-electron chi connectivity index (χ4n) is 0. The first kappa shape index (κ1) is 16.3. The molecule has 0 rings (SSSR count). The van der Waals surface area contributed by atoms with Crippen molar-refractivity contribution < 1.29 is 39.4 Å². The van der Waals surface area contributed by atoms with Crippen LogP contribution in [0.2, 0.25) is 0 Å². The molecule has 0 heterocycles. The molecule has 0 fully saturated rings. The van der Waals surface area contributed by atoms with Crippen molar-refractivity contribution >= 4 is 16.4 Å². The van der Waals surface area contributed by atoms with Crippen LogP contribution in [-0.2, 0) is 27.5 Å². The molecule has 0 bridgehead atoms. The molecule has 1 radical (unpaired) electrons. The van der Waals surface area contributed by atoms with Crippen molar-refractivity contribution in [2.45, 2.75) is 0 Å². The molecule has 0 saturated heterocycles. The molecule has 0 aliphatic rings. The van der Waals surface area contributed by atoms with Gasteiger partial charge in [0.05, 0.1) is 0 Å². The van der Waals surface area contributed by atoms with E-state index in [0.29, 0.717) is 0 Å². The minimum atomic E-state index is -4.67. The van der Waals surface area contributed by atoms with Crippen LogP contribution in [0.4, 0.5) is 4.79 Å². The molecule has 9 heteroatoms. The summed E-state index contributed by atoms with van der Waals surface area (Å²) in [5.74, 6) is 0. The fraction of sp³-hybridized carbons (Fsp3) is 0. The van der Waals surface area contributed by atoms with Crippen LogP contribution in [0.25, 0.3) is 0 Å². The predicted octanol–water partition coefficient (Wildman–Crippen LogP) is -1.63. The van der Waals surface area contributed by atoms with Gasteiger partial charge in [-0.1, -0.05) is 0 Å². The standard InChI is InChI=1S/CH4N2O.Cu.H2O4S/c2-1(3)4;;1-5(2,3)4/h(H4,2,3,4);;(H2,1,2,3,4). The van der Waals surface area contributed by atoms with Gasteiger partial charge in [0, 0.05) is 17.1 Å². The van der Waals surface area contributed by atoms with Gasteiger partial charge in [-0.3, -0.25) is 9.11 Å². The molecular formula is CH6CuN2O5S. The van der Waals surface area contributed by atoms with Gasteiger partial charge in [-0.15, -0.1) is 0 Å². The summed E-state index contributed by atoms with van der Waals surface area (Å²) >= 11 is 0. The van der Waals surface area contributed by atoms with E-state index in [4.69, 9.17) is 22.3 Å². The van der Waals surface area contributed by atoms with E-state index >= 15 is 0 Å². The molecule has 0 saturated carbocycles. The predicted molar refractivity (Wildman–Crippen MR) is 27.9 cm³/mol. The summed E-state index contributed by atoms with van der Waals surface area (Å²) in [7, 11) is -4.67. The molecular weight excluding hydrogens is 216 g/mol. The molecule has 7 nitrogen and oxygen atoms in total. The number of primary amides is 2. The Labute approximate surface area is 67.8 Å². The van der Waals surface area contributed by atoms with Crippen LogP contribution in [-0.4, -0.2) is 23.6 Å². The number of nitrogens with two attached hydrogens (primary N) is 2. The number of amides is 2. The van der Waals surface area contributed by atoms with Gasteiger partial charge in [-0.2, -0.15) is 8.42 Å². The summed E-state index contributed by atoms with van der Waals surface area (Å²) in [5, 5.41) is 0. The SMILES string of the molecule is NC(N)=O.O=S(=O)(O)O.[Cu]. The first-order valence-corrected chi connectivity index (χ1v) is 2.88. The summed E-state index contributed by atoms with van der Waals surface area (Å²) in [6.07, 6.45) is 0. The fourth-order valence-corrected chi connectivity index (χ4v) is 0. The topological polar surface area (TPSA) is 144 Å². The molecule has 6 N–H and O–H groups in total. The van der Waals surface area contributed by atoms with Gasteiger partial charge in [0.2, 0.25) is 0 Å². The number of carbonyl (C=O) groups excluding carboxylic acids is 1. The van der Waals surface area contributed by atoms with Crippen molar-refractivity contribution in [3.63, 3.8) is 0 Å². The molecule has 0 aromatic rings. The number of urea groups is 1. The van der Waals surface area contributed by atoms with Gasteiger partial charge in [-0.25, -0.2) is 4.79 Å². The number of hydrogen-bond donors (Lipinski definition) is 4. The van der Waals surface area contributed by atoms with Gasteiger partial charge < -0.3 is 11.5 Å². The molecule has 10 heavy (non-hydrogen) atoms. The number of hydrogen-bond acceptors (Lipinski definition) is 3. The summed E-state index contributed by atoms with van der Waals surface area (Å²) in [5.41, 5.74) is 8.50. The zero-order valence-electron chi connectivity index (χ0n) is 4.48. The van der Waals surface area contributed by atoms with E-state index in [1.807, 2.05) is 0 Å². The summed E-state index contributed by atoms with van der Waals surface area (Å²) in [6, 6.07) is -0.833. The average Bonchev–Trinajstić information content (AvgIpc) is 1.19. The van der Waals surface area contributed by atoms with Crippen molar-refractivity contribution in [3.8, 4) is 0 Å². The third kappa shape index (κ3) is 2930. The first-order valence-electron chi connectivity index (χ1n) is 1.48. The maximum absolute atomic E-state index is 9.00. The Morgan fingerprint density at radius 2 is 1.20 bits per heavy atom. The third-order valence-corrected chi connectivity index (χ3v) is 0. The third-order valence-electron chi connectivity index (χ3n) is 0. The smallest absolute Gasteiger partial charge is 0.352 e. The largest absolute Gasteiger partial charge is 0.394 e. The minimum Gasteiger partial charge on any atom is -0.352 e. The summed E-state index contributed by atoms with van der Waals surface area (Å²) in [4.78, 5) is 9.00. The maximum atomic E-state index is 9.00. The van der Waals surface area contributed by atoms with Crippen molar-refractivity contribution in [2.24, 2.45) is 11.5 Å². The monoisotopic (exact) mass is 221 g/mol. The Morgan fingerprint density at radius 1 is 1.20 bits per heavy atom. The molecule has 2 amide bonds. The molecule has 0 atom stereocenters. The van der Waals surface area contributed by atoms with Crippen LogP contribution < -0.4 is 11.5 Å².